The van der Waals surface area contributed by atoms with Crippen LogP contribution in [0, 0.1) is 6.92 Å². The fourth-order valence-corrected chi connectivity index (χ4v) is 1.84. The lowest BCUT2D eigenvalue weighted by molar-refractivity contribution is 0.222. The maximum Gasteiger partial charge on any atom is 0.322 e. The summed E-state index contributed by atoms with van der Waals surface area (Å²) in [7, 11) is 1.60. The van der Waals surface area contributed by atoms with Crippen molar-refractivity contribution in [3.8, 4) is 11.8 Å². The first-order valence-electron chi connectivity index (χ1n) is 6.48. The number of anilines is 2. The van der Waals surface area contributed by atoms with Crippen molar-refractivity contribution in [1.29, 1.82) is 0 Å². The maximum atomic E-state index is 5.89. The minimum Gasteiger partial charge on any atom is -0.495 e. The molecule has 0 atom stereocenters. The summed E-state index contributed by atoms with van der Waals surface area (Å²) in [6.45, 7) is 5.75. The second-order valence-corrected chi connectivity index (χ2v) is 5.04. The highest BCUT2D eigenvalue weighted by atomic mass is 35.5. The number of hydrogen-bond donors (Lipinski definition) is 1. The van der Waals surface area contributed by atoms with Crippen LogP contribution in [0.25, 0.3) is 0 Å². The molecule has 2 rings (SSSR count). The van der Waals surface area contributed by atoms with Gasteiger partial charge in [-0.05, 0) is 50.1 Å². The lowest BCUT2D eigenvalue weighted by Crippen LogP contribution is -2.10. The number of benzene rings is 1. The Kier molecular flexibility index (Phi) is 4.80. The van der Waals surface area contributed by atoms with E-state index in [4.69, 9.17) is 21.1 Å². The largest absolute Gasteiger partial charge is 0.495 e. The Balaban J connectivity index is 2.31. The number of hydrogen-bond acceptors (Lipinski definition) is 6. The highest BCUT2D eigenvalue weighted by Crippen LogP contribution is 2.28. The number of halogens is 1. The number of nitrogens with zero attached hydrogens (tertiary/aromatic N) is 3. The molecule has 0 aliphatic heterocycles. The molecule has 2 aromatic rings. The molecule has 7 heteroatoms. The van der Waals surface area contributed by atoms with Crippen LogP contribution in [0.4, 0.5) is 11.6 Å². The molecule has 0 fully saturated rings. The van der Waals surface area contributed by atoms with E-state index in [1.165, 1.54) is 0 Å². The van der Waals surface area contributed by atoms with E-state index in [0.29, 0.717) is 11.7 Å². The molecule has 0 radical (unpaired) electrons. The van der Waals surface area contributed by atoms with E-state index in [1.54, 1.807) is 7.11 Å². The van der Waals surface area contributed by atoms with E-state index >= 15 is 0 Å². The van der Waals surface area contributed by atoms with Crippen molar-refractivity contribution >= 4 is 23.2 Å². The van der Waals surface area contributed by atoms with Crippen LogP contribution >= 0.6 is 11.6 Å². The Morgan fingerprint density at radius 3 is 2.62 bits per heavy atom. The second-order valence-electron chi connectivity index (χ2n) is 4.71. The topological polar surface area (TPSA) is 69.2 Å². The van der Waals surface area contributed by atoms with Gasteiger partial charge in [-0.1, -0.05) is 6.07 Å². The van der Waals surface area contributed by atoms with Crippen molar-refractivity contribution in [2.75, 3.05) is 12.4 Å². The number of rotatable bonds is 5. The number of methoxy groups -OCH3 is 1. The molecule has 21 heavy (non-hydrogen) atoms. The van der Waals surface area contributed by atoms with Crippen molar-refractivity contribution in [3.63, 3.8) is 0 Å². The molecule has 0 saturated carbocycles. The molecule has 112 valence electrons. The van der Waals surface area contributed by atoms with Crippen LogP contribution in [-0.2, 0) is 0 Å². The summed E-state index contributed by atoms with van der Waals surface area (Å²) in [5.41, 5.74) is 1.83. The summed E-state index contributed by atoms with van der Waals surface area (Å²) < 4.78 is 10.7. The van der Waals surface area contributed by atoms with Gasteiger partial charge in [-0.2, -0.15) is 15.0 Å². The van der Waals surface area contributed by atoms with Gasteiger partial charge in [0.25, 0.3) is 0 Å². The van der Waals surface area contributed by atoms with Gasteiger partial charge in [-0.25, -0.2) is 0 Å². The third-order valence-corrected chi connectivity index (χ3v) is 2.70. The zero-order valence-corrected chi connectivity index (χ0v) is 13.1. The van der Waals surface area contributed by atoms with Crippen LogP contribution in [0.3, 0.4) is 0 Å². The highest BCUT2D eigenvalue weighted by Gasteiger charge is 2.10. The summed E-state index contributed by atoms with van der Waals surface area (Å²) >= 11 is 5.89. The molecule has 0 amide bonds. The lowest BCUT2D eigenvalue weighted by atomic mass is 10.2. The van der Waals surface area contributed by atoms with Crippen LogP contribution < -0.4 is 14.8 Å². The maximum absolute atomic E-state index is 5.89. The highest BCUT2D eigenvalue weighted by molar-refractivity contribution is 6.28. The zero-order chi connectivity index (χ0) is 15.4. The number of nitrogens with one attached hydrogen (secondary N) is 1. The summed E-state index contributed by atoms with van der Waals surface area (Å²) in [5.74, 6) is 0.984. The van der Waals surface area contributed by atoms with Crippen LogP contribution in [-0.4, -0.2) is 28.2 Å². The fraction of sp³-hybridized carbons (Fsp3) is 0.357. The third kappa shape index (κ3) is 4.19. The summed E-state index contributed by atoms with van der Waals surface area (Å²) in [5, 5.41) is 3.13. The van der Waals surface area contributed by atoms with E-state index in [-0.39, 0.29) is 17.4 Å². The summed E-state index contributed by atoms with van der Waals surface area (Å²) in [6, 6.07) is 5.93. The van der Waals surface area contributed by atoms with E-state index in [2.05, 4.69) is 20.3 Å². The first-order valence-corrected chi connectivity index (χ1v) is 6.85. The number of aromatic nitrogens is 3. The zero-order valence-electron chi connectivity index (χ0n) is 12.3. The van der Waals surface area contributed by atoms with Gasteiger partial charge in [-0.3, -0.25) is 0 Å². The lowest BCUT2D eigenvalue weighted by Gasteiger charge is -2.12. The van der Waals surface area contributed by atoms with Gasteiger partial charge in [0.15, 0.2) is 0 Å². The van der Waals surface area contributed by atoms with Gasteiger partial charge in [0.2, 0.25) is 11.2 Å². The molecule has 0 saturated heterocycles. The normalized spacial score (nSPS) is 10.6. The average Bonchev–Trinajstić information content (AvgIpc) is 2.37. The predicted molar refractivity (Wildman–Crippen MR) is 81.6 cm³/mol. The monoisotopic (exact) mass is 308 g/mol. The van der Waals surface area contributed by atoms with Crippen molar-refractivity contribution in [2.24, 2.45) is 0 Å². The van der Waals surface area contributed by atoms with Gasteiger partial charge in [0.1, 0.15) is 5.75 Å². The Morgan fingerprint density at radius 2 is 1.95 bits per heavy atom. The molecule has 0 spiro atoms. The van der Waals surface area contributed by atoms with Crippen LogP contribution in [0.15, 0.2) is 18.2 Å². The first kappa shape index (κ1) is 15.3. The molecule has 1 N–H and O–H groups in total. The Bertz CT molecular complexity index is 634. The SMILES string of the molecule is COc1ccc(C)cc1Nc1nc(Cl)nc(OC(C)C)n1. The van der Waals surface area contributed by atoms with Gasteiger partial charge in [-0.15, -0.1) is 0 Å². The molecule has 0 aliphatic carbocycles. The molecular weight excluding hydrogens is 292 g/mol. The molecule has 1 heterocycles. The first-order chi connectivity index (χ1) is 9.97. The molecule has 1 aromatic heterocycles. The molecule has 1 aromatic carbocycles. The minimum absolute atomic E-state index is 0.0511. The summed E-state index contributed by atoms with van der Waals surface area (Å²) in [6.07, 6.45) is -0.0511. The average molecular weight is 309 g/mol. The second kappa shape index (κ2) is 6.58. The van der Waals surface area contributed by atoms with Crippen molar-refractivity contribution in [2.45, 2.75) is 26.9 Å². The van der Waals surface area contributed by atoms with Crippen molar-refractivity contribution in [1.82, 2.24) is 15.0 Å². The van der Waals surface area contributed by atoms with E-state index < -0.39 is 0 Å². The van der Waals surface area contributed by atoms with Crippen LogP contribution in [0.1, 0.15) is 19.4 Å². The van der Waals surface area contributed by atoms with Gasteiger partial charge in [0, 0.05) is 0 Å². The molecular formula is C14H17ClN4O2. The Hall–Kier alpha value is -2.08. The van der Waals surface area contributed by atoms with E-state index in [9.17, 15) is 0 Å². The van der Waals surface area contributed by atoms with Crippen molar-refractivity contribution < 1.29 is 9.47 Å². The molecule has 0 unspecified atom stereocenters. The molecule has 0 aliphatic rings. The number of ether oxygens (including phenoxy) is 2. The molecule has 6 nitrogen and oxygen atoms in total. The van der Waals surface area contributed by atoms with Gasteiger partial charge >= 0.3 is 6.01 Å². The quantitative estimate of drug-likeness (QED) is 0.913. The van der Waals surface area contributed by atoms with Crippen molar-refractivity contribution in [3.05, 3.63) is 29.0 Å². The van der Waals surface area contributed by atoms with Gasteiger partial charge < -0.3 is 14.8 Å². The Morgan fingerprint density at radius 1 is 1.19 bits per heavy atom. The van der Waals surface area contributed by atoms with E-state index in [0.717, 1.165) is 11.3 Å². The Labute approximate surface area is 128 Å². The predicted octanol–water partition coefficient (Wildman–Crippen LogP) is 3.37. The number of aryl methyl sites for hydroxylation is 1. The standard InChI is InChI=1S/C14H17ClN4O2/c1-8(2)21-14-18-12(15)17-13(19-14)16-10-7-9(3)5-6-11(10)20-4/h5-8H,1-4H3,(H,16,17,18,19). The van der Waals surface area contributed by atoms with E-state index in [1.807, 2.05) is 39.0 Å². The van der Waals surface area contributed by atoms with Crippen LogP contribution in [0.5, 0.6) is 11.8 Å². The molecule has 0 bridgehead atoms. The smallest absolute Gasteiger partial charge is 0.322 e. The van der Waals surface area contributed by atoms with Crippen LogP contribution in [0.2, 0.25) is 5.28 Å². The minimum atomic E-state index is -0.0511. The van der Waals surface area contributed by atoms with Gasteiger partial charge in [0.05, 0.1) is 18.9 Å². The fourth-order valence-electron chi connectivity index (χ4n) is 1.69. The third-order valence-electron chi connectivity index (χ3n) is 2.53. The summed E-state index contributed by atoms with van der Waals surface area (Å²) in [4.78, 5) is 12.1.